The maximum absolute atomic E-state index is 13.2. The van der Waals surface area contributed by atoms with E-state index in [1.807, 2.05) is 13.0 Å². The first-order valence-electron chi connectivity index (χ1n) is 6.03. The molecular weight excluding hydrogens is 345 g/mol. The van der Waals surface area contributed by atoms with Crippen LogP contribution in [0.3, 0.4) is 0 Å². The van der Waals surface area contributed by atoms with E-state index >= 15 is 0 Å². The Morgan fingerprint density at radius 3 is 2.75 bits per heavy atom. The molecule has 0 radical (unpaired) electrons. The minimum absolute atomic E-state index is 0.260. The Labute approximate surface area is 131 Å². The van der Waals surface area contributed by atoms with Crippen molar-refractivity contribution in [1.82, 2.24) is 0 Å². The fourth-order valence-electron chi connectivity index (χ4n) is 1.84. The molecule has 0 spiro atoms. The fraction of sp³-hybridized carbons (Fsp3) is 0.200. The molecule has 2 aromatic carbocycles. The molecule has 0 atom stereocenters. The van der Waals surface area contributed by atoms with Gasteiger partial charge >= 0.3 is 0 Å². The number of methoxy groups -OCH3 is 1. The molecule has 2 nitrogen and oxygen atoms in total. The Morgan fingerprint density at radius 1 is 1.30 bits per heavy atom. The molecule has 106 valence electrons. The zero-order valence-corrected chi connectivity index (χ0v) is 13.5. The van der Waals surface area contributed by atoms with Crippen LogP contribution in [0.25, 0.3) is 0 Å². The predicted octanol–water partition coefficient (Wildman–Crippen LogP) is 5.17. The lowest BCUT2D eigenvalue weighted by atomic mass is 10.2. The Balaban J connectivity index is 2.22. The van der Waals surface area contributed by atoms with Gasteiger partial charge in [-0.2, -0.15) is 0 Å². The second-order valence-electron chi connectivity index (χ2n) is 4.39. The summed E-state index contributed by atoms with van der Waals surface area (Å²) < 4.78 is 19.4. The van der Waals surface area contributed by atoms with Crippen molar-refractivity contribution < 1.29 is 9.13 Å². The molecule has 0 amide bonds. The van der Waals surface area contributed by atoms with E-state index in [1.54, 1.807) is 19.2 Å². The average molecular weight is 359 g/mol. The van der Waals surface area contributed by atoms with Gasteiger partial charge in [-0.25, -0.2) is 4.39 Å². The molecule has 5 heteroatoms. The topological polar surface area (TPSA) is 21.3 Å². The van der Waals surface area contributed by atoms with Gasteiger partial charge in [0.1, 0.15) is 11.6 Å². The van der Waals surface area contributed by atoms with Crippen molar-refractivity contribution in [2.45, 2.75) is 13.5 Å². The van der Waals surface area contributed by atoms with Crippen molar-refractivity contribution in [1.29, 1.82) is 0 Å². The number of nitrogens with one attached hydrogen (secondary N) is 1. The molecule has 2 rings (SSSR count). The molecule has 0 aromatic heterocycles. The van der Waals surface area contributed by atoms with Gasteiger partial charge in [0.15, 0.2) is 0 Å². The third kappa shape index (κ3) is 3.44. The first kappa shape index (κ1) is 15.1. The first-order chi connectivity index (χ1) is 9.51. The van der Waals surface area contributed by atoms with Crippen LogP contribution in [-0.2, 0) is 6.54 Å². The summed E-state index contributed by atoms with van der Waals surface area (Å²) >= 11 is 9.47. The Morgan fingerprint density at radius 2 is 2.05 bits per heavy atom. The van der Waals surface area contributed by atoms with Gasteiger partial charge in [-0.1, -0.05) is 27.5 Å². The van der Waals surface area contributed by atoms with Gasteiger partial charge in [0.05, 0.1) is 12.8 Å². The third-order valence-corrected chi connectivity index (χ3v) is 4.14. The summed E-state index contributed by atoms with van der Waals surface area (Å²) in [7, 11) is 1.59. The summed E-state index contributed by atoms with van der Waals surface area (Å²) in [6.07, 6.45) is 0. The second-order valence-corrected chi connectivity index (χ2v) is 5.65. The van der Waals surface area contributed by atoms with Gasteiger partial charge in [-0.3, -0.25) is 0 Å². The van der Waals surface area contributed by atoms with Crippen LogP contribution in [0.5, 0.6) is 5.75 Å². The van der Waals surface area contributed by atoms with Gasteiger partial charge in [0, 0.05) is 22.1 Å². The molecule has 2 aromatic rings. The van der Waals surface area contributed by atoms with Gasteiger partial charge < -0.3 is 10.1 Å². The van der Waals surface area contributed by atoms with Crippen LogP contribution >= 0.6 is 27.5 Å². The lowest BCUT2D eigenvalue weighted by Gasteiger charge is -2.14. The van der Waals surface area contributed by atoms with E-state index in [0.29, 0.717) is 17.3 Å². The normalized spacial score (nSPS) is 10.4. The lowest BCUT2D eigenvalue weighted by Crippen LogP contribution is -2.03. The van der Waals surface area contributed by atoms with Crippen molar-refractivity contribution in [3.63, 3.8) is 0 Å². The molecule has 0 unspecified atom stereocenters. The fourth-order valence-corrected chi connectivity index (χ4v) is 2.38. The summed E-state index contributed by atoms with van der Waals surface area (Å²) in [5.74, 6) is 0.400. The summed E-state index contributed by atoms with van der Waals surface area (Å²) in [6.45, 7) is 2.40. The SMILES string of the molecule is COc1cc(Cl)c(C)cc1NCc1cc(F)ccc1Br. The van der Waals surface area contributed by atoms with E-state index in [9.17, 15) is 4.39 Å². The highest BCUT2D eigenvalue weighted by Crippen LogP contribution is 2.31. The van der Waals surface area contributed by atoms with Crippen LogP contribution in [0.4, 0.5) is 10.1 Å². The molecule has 0 saturated carbocycles. The number of aryl methyl sites for hydroxylation is 1. The number of halogens is 3. The predicted molar refractivity (Wildman–Crippen MR) is 84.2 cm³/mol. The molecule has 0 heterocycles. The van der Waals surface area contributed by atoms with Gasteiger partial charge in [-0.05, 0) is 42.3 Å². The largest absolute Gasteiger partial charge is 0.495 e. The molecule has 0 aliphatic heterocycles. The summed E-state index contributed by atoms with van der Waals surface area (Å²) in [5, 5.41) is 3.89. The molecule has 0 aliphatic carbocycles. The van der Waals surface area contributed by atoms with E-state index in [-0.39, 0.29) is 5.82 Å². The van der Waals surface area contributed by atoms with Gasteiger partial charge in [-0.15, -0.1) is 0 Å². The standard InChI is InChI=1S/C15H14BrClFNO/c1-9-5-14(15(20-2)7-13(9)17)19-8-10-6-11(18)3-4-12(10)16/h3-7,19H,8H2,1-2H3. The second kappa shape index (κ2) is 6.46. The highest BCUT2D eigenvalue weighted by molar-refractivity contribution is 9.10. The highest BCUT2D eigenvalue weighted by atomic mass is 79.9. The maximum Gasteiger partial charge on any atom is 0.143 e. The Kier molecular flexibility index (Phi) is 4.89. The summed E-state index contributed by atoms with van der Waals surface area (Å²) in [5.41, 5.74) is 2.61. The van der Waals surface area contributed by atoms with Gasteiger partial charge in [0.2, 0.25) is 0 Å². The lowest BCUT2D eigenvalue weighted by molar-refractivity contribution is 0.416. The molecule has 20 heavy (non-hydrogen) atoms. The molecule has 0 fully saturated rings. The van der Waals surface area contributed by atoms with Crippen molar-refractivity contribution in [2.24, 2.45) is 0 Å². The van der Waals surface area contributed by atoms with E-state index < -0.39 is 0 Å². The van der Waals surface area contributed by atoms with Gasteiger partial charge in [0.25, 0.3) is 0 Å². The zero-order chi connectivity index (χ0) is 14.7. The van der Waals surface area contributed by atoms with Crippen LogP contribution in [0.2, 0.25) is 5.02 Å². The molecule has 0 bridgehead atoms. The number of rotatable bonds is 4. The summed E-state index contributed by atoms with van der Waals surface area (Å²) in [4.78, 5) is 0. The molecule has 1 N–H and O–H groups in total. The number of hydrogen-bond donors (Lipinski definition) is 1. The average Bonchev–Trinajstić information content (AvgIpc) is 2.43. The van der Waals surface area contributed by atoms with Crippen molar-refractivity contribution in [3.8, 4) is 5.75 Å². The highest BCUT2D eigenvalue weighted by Gasteiger charge is 2.08. The number of hydrogen-bond acceptors (Lipinski definition) is 2. The smallest absolute Gasteiger partial charge is 0.143 e. The van der Waals surface area contributed by atoms with Crippen LogP contribution in [-0.4, -0.2) is 7.11 Å². The van der Waals surface area contributed by atoms with Crippen LogP contribution in [0.15, 0.2) is 34.8 Å². The van der Waals surface area contributed by atoms with E-state index in [4.69, 9.17) is 16.3 Å². The minimum atomic E-state index is -0.260. The maximum atomic E-state index is 13.2. The minimum Gasteiger partial charge on any atom is -0.495 e. The van der Waals surface area contributed by atoms with E-state index in [1.165, 1.54) is 12.1 Å². The van der Waals surface area contributed by atoms with Crippen molar-refractivity contribution in [2.75, 3.05) is 12.4 Å². The quantitative estimate of drug-likeness (QED) is 0.814. The van der Waals surface area contributed by atoms with E-state index in [0.717, 1.165) is 21.3 Å². The zero-order valence-electron chi connectivity index (χ0n) is 11.1. The van der Waals surface area contributed by atoms with Crippen LogP contribution in [0.1, 0.15) is 11.1 Å². The number of anilines is 1. The molecule has 0 aliphatic rings. The first-order valence-corrected chi connectivity index (χ1v) is 7.20. The Hall–Kier alpha value is -1.26. The molecular formula is C15H14BrClFNO. The number of ether oxygens (including phenoxy) is 1. The van der Waals surface area contributed by atoms with Crippen molar-refractivity contribution in [3.05, 3.63) is 56.8 Å². The monoisotopic (exact) mass is 357 g/mol. The van der Waals surface area contributed by atoms with Crippen LogP contribution in [0, 0.1) is 12.7 Å². The van der Waals surface area contributed by atoms with Crippen molar-refractivity contribution >= 4 is 33.2 Å². The third-order valence-electron chi connectivity index (χ3n) is 2.96. The van der Waals surface area contributed by atoms with Crippen LogP contribution < -0.4 is 10.1 Å². The van der Waals surface area contributed by atoms with E-state index in [2.05, 4.69) is 21.2 Å². The summed E-state index contributed by atoms with van der Waals surface area (Å²) in [6, 6.07) is 8.28. The molecule has 0 saturated heterocycles. The Bertz CT molecular complexity index is 634. The number of benzene rings is 2.